The Hall–Kier alpha value is -1.75. The molecule has 0 saturated carbocycles. The van der Waals surface area contributed by atoms with Gasteiger partial charge in [-0.2, -0.15) is 0 Å². The molecule has 0 spiro atoms. The van der Waals surface area contributed by atoms with Gasteiger partial charge in [0, 0.05) is 30.5 Å². The molecule has 2 aliphatic heterocycles. The van der Waals surface area contributed by atoms with Gasteiger partial charge in [0.2, 0.25) is 5.91 Å². The van der Waals surface area contributed by atoms with Gasteiger partial charge in [-0.15, -0.1) is 0 Å². The number of amides is 1. The van der Waals surface area contributed by atoms with E-state index in [1.54, 1.807) is 0 Å². The number of nitrogens with two attached hydrogens (primary N) is 1. The number of ether oxygens (including phenoxy) is 2. The Kier molecular flexibility index (Phi) is 5.29. The first-order valence-corrected chi connectivity index (χ1v) is 9.01. The minimum absolute atomic E-state index is 0.183. The number of piperidine rings is 1. The Balaban J connectivity index is 1.67. The average Bonchev–Trinajstić information content (AvgIpc) is 2.88. The number of hydrogen-bond acceptors (Lipinski definition) is 4. The van der Waals surface area contributed by atoms with Crippen molar-refractivity contribution in [2.75, 3.05) is 19.7 Å². The fraction of sp³-hybridized carbons (Fsp3) is 0.632. The van der Waals surface area contributed by atoms with E-state index in [4.69, 9.17) is 15.2 Å². The normalized spacial score (nSPS) is 21.3. The first-order valence-electron chi connectivity index (χ1n) is 9.01. The van der Waals surface area contributed by atoms with Crippen LogP contribution in [0.3, 0.4) is 0 Å². The maximum atomic E-state index is 11.1. The molecule has 1 aromatic rings. The van der Waals surface area contributed by atoms with Gasteiger partial charge in [-0.1, -0.05) is 0 Å². The number of fused-ring (bicyclic) bond motifs is 1. The number of likely N-dealkylation sites (tertiary alicyclic amines) is 1. The van der Waals surface area contributed by atoms with Crippen molar-refractivity contribution in [2.24, 2.45) is 11.7 Å². The van der Waals surface area contributed by atoms with Crippen molar-refractivity contribution in [1.82, 2.24) is 4.90 Å². The molecule has 1 fully saturated rings. The molecule has 0 radical (unpaired) electrons. The summed E-state index contributed by atoms with van der Waals surface area (Å²) >= 11 is 0. The van der Waals surface area contributed by atoms with E-state index >= 15 is 0 Å². The molecule has 0 bridgehead atoms. The van der Waals surface area contributed by atoms with Crippen LogP contribution in [0, 0.1) is 5.92 Å². The highest BCUT2D eigenvalue weighted by molar-refractivity contribution is 5.74. The van der Waals surface area contributed by atoms with Gasteiger partial charge >= 0.3 is 0 Å². The second kappa shape index (κ2) is 7.43. The zero-order valence-corrected chi connectivity index (χ0v) is 14.7. The summed E-state index contributed by atoms with van der Waals surface area (Å²) in [6.07, 6.45) is 3.78. The Labute approximate surface area is 144 Å². The summed E-state index contributed by atoms with van der Waals surface area (Å²) in [5.74, 6) is 2.24. The smallest absolute Gasteiger partial charge is 0.217 e. The van der Waals surface area contributed by atoms with Crippen LogP contribution in [0.15, 0.2) is 12.1 Å². The molecule has 0 aliphatic carbocycles. The largest absolute Gasteiger partial charge is 0.494 e. The number of rotatable bonds is 6. The standard InChI is InChI=1S/C19H28N2O3/c1-3-23-17-10-15-8-13(2)24-18(15)11-16(17)12-21-6-4-14(5-7-21)9-19(20)22/h10-11,13-14H,3-9,12H2,1-2H3,(H2,20,22)/t13-/m0/s1. The topological polar surface area (TPSA) is 64.8 Å². The van der Waals surface area contributed by atoms with Crippen LogP contribution in [-0.4, -0.2) is 36.6 Å². The summed E-state index contributed by atoms with van der Waals surface area (Å²) in [5.41, 5.74) is 7.75. The maximum Gasteiger partial charge on any atom is 0.217 e. The van der Waals surface area contributed by atoms with Crippen molar-refractivity contribution in [3.8, 4) is 11.5 Å². The fourth-order valence-corrected chi connectivity index (χ4v) is 3.77. The molecule has 1 aromatic carbocycles. The van der Waals surface area contributed by atoms with Crippen molar-refractivity contribution < 1.29 is 14.3 Å². The summed E-state index contributed by atoms with van der Waals surface area (Å²) in [6, 6.07) is 4.30. The second-order valence-corrected chi connectivity index (χ2v) is 7.02. The van der Waals surface area contributed by atoms with Crippen molar-refractivity contribution in [2.45, 2.75) is 52.2 Å². The SMILES string of the molecule is CCOc1cc2c(cc1CN1CCC(CC(N)=O)CC1)O[C@@H](C)C2. The first kappa shape index (κ1) is 17.1. The van der Waals surface area contributed by atoms with Crippen LogP contribution in [0.25, 0.3) is 0 Å². The Morgan fingerprint density at radius 3 is 2.79 bits per heavy atom. The lowest BCUT2D eigenvalue weighted by atomic mass is 9.93. The van der Waals surface area contributed by atoms with Gasteiger partial charge in [0.05, 0.1) is 6.61 Å². The monoisotopic (exact) mass is 332 g/mol. The molecule has 5 nitrogen and oxygen atoms in total. The third kappa shape index (κ3) is 4.01. The first-order chi connectivity index (χ1) is 11.5. The van der Waals surface area contributed by atoms with Crippen molar-refractivity contribution in [1.29, 1.82) is 0 Å². The van der Waals surface area contributed by atoms with Gasteiger partial charge < -0.3 is 15.2 Å². The van der Waals surface area contributed by atoms with Gasteiger partial charge in [-0.3, -0.25) is 9.69 Å². The summed E-state index contributed by atoms with van der Waals surface area (Å²) in [6.45, 7) is 7.65. The van der Waals surface area contributed by atoms with Crippen LogP contribution >= 0.6 is 0 Å². The highest BCUT2D eigenvalue weighted by Gasteiger charge is 2.25. The molecule has 2 N–H and O–H groups in total. The minimum atomic E-state index is -0.183. The van der Waals surface area contributed by atoms with Gasteiger partial charge in [-0.25, -0.2) is 0 Å². The molecule has 0 aromatic heterocycles. The fourth-order valence-electron chi connectivity index (χ4n) is 3.77. The van der Waals surface area contributed by atoms with E-state index < -0.39 is 0 Å². The Bertz CT molecular complexity index is 595. The van der Waals surface area contributed by atoms with Crippen LogP contribution in [0.5, 0.6) is 11.5 Å². The molecular weight excluding hydrogens is 304 g/mol. The Morgan fingerprint density at radius 2 is 2.12 bits per heavy atom. The molecule has 1 amide bonds. The van der Waals surface area contributed by atoms with Crippen LogP contribution in [0.2, 0.25) is 0 Å². The van der Waals surface area contributed by atoms with E-state index in [1.807, 2.05) is 6.92 Å². The quantitative estimate of drug-likeness (QED) is 0.869. The van der Waals surface area contributed by atoms with Crippen LogP contribution in [0.4, 0.5) is 0 Å². The number of nitrogens with zero attached hydrogens (tertiary/aromatic N) is 1. The van der Waals surface area contributed by atoms with E-state index in [1.165, 1.54) is 11.1 Å². The third-order valence-corrected chi connectivity index (χ3v) is 4.97. The molecule has 132 valence electrons. The van der Waals surface area contributed by atoms with Crippen molar-refractivity contribution in [3.05, 3.63) is 23.3 Å². The lowest BCUT2D eigenvalue weighted by molar-refractivity contribution is -0.119. The van der Waals surface area contributed by atoms with Crippen LogP contribution < -0.4 is 15.2 Å². The lowest BCUT2D eigenvalue weighted by Crippen LogP contribution is -2.34. The third-order valence-electron chi connectivity index (χ3n) is 4.97. The predicted molar refractivity (Wildman–Crippen MR) is 93.2 cm³/mol. The molecule has 1 saturated heterocycles. The van der Waals surface area contributed by atoms with Gasteiger partial charge in [0.1, 0.15) is 17.6 Å². The van der Waals surface area contributed by atoms with Gasteiger partial charge in [0.25, 0.3) is 0 Å². The number of carbonyl (C=O) groups is 1. The molecular formula is C19H28N2O3. The number of carbonyl (C=O) groups excluding carboxylic acids is 1. The molecule has 24 heavy (non-hydrogen) atoms. The van der Waals surface area contributed by atoms with Crippen molar-refractivity contribution >= 4 is 5.91 Å². The van der Waals surface area contributed by atoms with E-state index in [-0.39, 0.29) is 12.0 Å². The summed E-state index contributed by atoms with van der Waals surface area (Å²) in [4.78, 5) is 13.5. The second-order valence-electron chi connectivity index (χ2n) is 7.02. The zero-order chi connectivity index (χ0) is 17.1. The minimum Gasteiger partial charge on any atom is -0.494 e. The van der Waals surface area contributed by atoms with Crippen LogP contribution in [0.1, 0.15) is 44.2 Å². The van der Waals surface area contributed by atoms with Crippen molar-refractivity contribution in [3.63, 3.8) is 0 Å². The maximum absolute atomic E-state index is 11.1. The highest BCUT2D eigenvalue weighted by atomic mass is 16.5. The van der Waals surface area contributed by atoms with E-state index in [0.29, 0.717) is 18.9 Å². The van der Waals surface area contributed by atoms with E-state index in [2.05, 4.69) is 24.0 Å². The average molecular weight is 332 g/mol. The molecule has 5 heteroatoms. The molecule has 0 unspecified atom stereocenters. The summed E-state index contributed by atoms with van der Waals surface area (Å²) in [5, 5.41) is 0. The zero-order valence-electron chi connectivity index (χ0n) is 14.7. The molecule has 2 heterocycles. The molecule has 2 aliphatic rings. The van der Waals surface area contributed by atoms with E-state index in [0.717, 1.165) is 50.4 Å². The number of hydrogen-bond donors (Lipinski definition) is 1. The summed E-state index contributed by atoms with van der Waals surface area (Å²) < 4.78 is 11.8. The Morgan fingerprint density at radius 1 is 1.38 bits per heavy atom. The number of primary amides is 1. The highest BCUT2D eigenvalue weighted by Crippen LogP contribution is 2.36. The lowest BCUT2D eigenvalue weighted by Gasteiger charge is -2.32. The van der Waals surface area contributed by atoms with Crippen LogP contribution in [-0.2, 0) is 17.8 Å². The molecule has 3 rings (SSSR count). The van der Waals surface area contributed by atoms with E-state index in [9.17, 15) is 4.79 Å². The summed E-state index contributed by atoms with van der Waals surface area (Å²) in [7, 11) is 0. The number of benzene rings is 1. The van der Waals surface area contributed by atoms with Gasteiger partial charge in [-0.05, 0) is 57.8 Å². The molecule has 1 atom stereocenters. The predicted octanol–water partition coefficient (Wildman–Crippen LogP) is 2.50. The van der Waals surface area contributed by atoms with Gasteiger partial charge in [0.15, 0.2) is 0 Å².